The predicted molar refractivity (Wildman–Crippen MR) is 448 cm³/mol. The standard InChI is InChI=1S/C23H32F6O2.C19H24F6O3.C18H22F6O3.C18H22F6O2.C17H22F6O2/c1-4-16(2)19-10-12-20(13-11-19)21(22(24,25)26,23(27,28)29)31-17(3)30-15-14-18-8-6-5-7-9-18;1-6-12(2)13-7-9-14(10-8-13)17(18(20,21)22,19(23,24)25)27-11-15(26)28-16(3,4)5;1-6-11(2)12-7-9-13(10-8-12)16(17(19,20)21,18(22,23)24)27-14(25)26-15(3,4)5;1-3-12(2)13-7-9-14(10-8-13)16(17(19,20)21,18(22,23)24)26-15-6-4-5-11-25-15;1-5-11(3)13-7-9-14(10-8-13)15(16(18,19)20,17(21,22)23)25-12(4)24-6-2/h10-13,16-18H,4-9,14-15H2,1-3H3;7-10,12H,6,11H2,1-5H3;7-11H,6H2,1-5H3;7-10,12,15H,3-6,11H2,1-2H3;7-12H,5-6H2,1-4H3. The summed E-state index contributed by atoms with van der Waals surface area (Å²) in [6, 6.07) is 20.3. The highest BCUT2D eigenvalue weighted by Gasteiger charge is 2.79. The number of halogens is 30. The number of alkyl halides is 30. The topological polar surface area (TPSA) is 126 Å². The highest BCUT2D eigenvalue weighted by Crippen LogP contribution is 2.60. The Balaban J connectivity index is 0.000000442. The first-order chi connectivity index (χ1) is 62.4. The minimum absolute atomic E-state index is 0.0150. The summed E-state index contributed by atoms with van der Waals surface area (Å²) >= 11 is 0. The molecular weight excluding hydrogens is 1900 g/mol. The molecular formula is C95H122F30O12. The molecule has 1 heterocycles. The van der Waals surface area contributed by atoms with Crippen LogP contribution in [0.3, 0.4) is 0 Å². The molecule has 1 aliphatic carbocycles. The molecule has 12 nitrogen and oxygen atoms in total. The van der Waals surface area contributed by atoms with Gasteiger partial charge in [0.1, 0.15) is 17.8 Å². The van der Waals surface area contributed by atoms with Gasteiger partial charge in [0, 0.05) is 47.6 Å². The van der Waals surface area contributed by atoms with Gasteiger partial charge in [-0.1, -0.05) is 223 Å². The van der Waals surface area contributed by atoms with Crippen molar-refractivity contribution in [1.82, 2.24) is 0 Å². The van der Waals surface area contributed by atoms with E-state index in [1.807, 2.05) is 55.4 Å². The Labute approximate surface area is 778 Å². The third-order valence-electron chi connectivity index (χ3n) is 23.1. The lowest BCUT2D eigenvalue weighted by molar-refractivity contribution is -0.419. The molecule has 2 aliphatic rings. The van der Waals surface area contributed by atoms with E-state index in [1.165, 1.54) is 97.0 Å². The summed E-state index contributed by atoms with van der Waals surface area (Å²) in [7, 11) is 0. The van der Waals surface area contributed by atoms with E-state index in [4.69, 9.17) is 23.7 Å². The molecule has 137 heavy (non-hydrogen) atoms. The van der Waals surface area contributed by atoms with Crippen molar-refractivity contribution in [2.75, 3.05) is 26.4 Å². The zero-order valence-electron chi connectivity index (χ0n) is 79.2. The lowest BCUT2D eigenvalue weighted by Gasteiger charge is -2.40. The van der Waals surface area contributed by atoms with Crippen LogP contribution in [-0.2, 0) is 80.2 Å². The Morgan fingerprint density at radius 3 is 0.839 bits per heavy atom. The minimum atomic E-state index is -5.96. The second kappa shape index (κ2) is 49.4. The van der Waals surface area contributed by atoms with E-state index >= 15 is 0 Å². The van der Waals surface area contributed by atoms with Crippen molar-refractivity contribution < 1.29 is 189 Å². The van der Waals surface area contributed by atoms with Gasteiger partial charge in [-0.05, 0) is 183 Å². The molecule has 5 aromatic rings. The normalized spacial score (nSPS) is 17.0. The molecule has 0 bridgehead atoms. The summed E-state index contributed by atoms with van der Waals surface area (Å²) in [5.74, 6) is -0.977. The third kappa shape index (κ3) is 32.0. The summed E-state index contributed by atoms with van der Waals surface area (Å²) in [6.07, 6.45) is -54.4. The molecule has 1 aliphatic heterocycles. The third-order valence-corrected chi connectivity index (χ3v) is 23.1. The molecule has 0 spiro atoms. The van der Waals surface area contributed by atoms with Crippen LogP contribution >= 0.6 is 0 Å². The summed E-state index contributed by atoms with van der Waals surface area (Å²) in [4.78, 5) is 23.4. The second-order valence-corrected chi connectivity index (χ2v) is 35.4. The van der Waals surface area contributed by atoms with Crippen LogP contribution in [0.2, 0.25) is 0 Å². The Morgan fingerprint density at radius 2 is 0.584 bits per heavy atom. The first-order valence-corrected chi connectivity index (χ1v) is 44.3. The van der Waals surface area contributed by atoms with E-state index in [9.17, 15) is 141 Å². The number of ether oxygens (including phenoxy) is 10. The van der Waals surface area contributed by atoms with Crippen LogP contribution in [0, 0.1) is 5.92 Å². The van der Waals surface area contributed by atoms with Crippen LogP contribution < -0.4 is 0 Å². The fourth-order valence-electron chi connectivity index (χ4n) is 14.5. The molecule has 0 aromatic heterocycles. The highest BCUT2D eigenvalue weighted by atomic mass is 19.5. The van der Waals surface area contributed by atoms with Gasteiger partial charge in [-0.25, -0.2) is 9.59 Å². The number of rotatable bonds is 31. The summed E-state index contributed by atoms with van der Waals surface area (Å²) < 4.78 is 458. The van der Waals surface area contributed by atoms with E-state index in [2.05, 4.69) is 23.7 Å². The van der Waals surface area contributed by atoms with E-state index in [0.717, 1.165) is 113 Å². The molecule has 0 amide bonds. The number of benzene rings is 5. The molecule has 0 radical (unpaired) electrons. The molecule has 8 unspecified atom stereocenters. The number of carbonyl (C=O) groups excluding carboxylic acids is 2. The number of hydrogen-bond acceptors (Lipinski definition) is 12. The lowest BCUT2D eigenvalue weighted by atomic mass is 9.87. The van der Waals surface area contributed by atoms with Gasteiger partial charge in [0.25, 0.3) is 22.4 Å². The SMILES string of the molecule is CCC(C)c1ccc(C(OC(=O)OC(C)(C)C)(C(F)(F)F)C(F)(F)F)cc1.CCC(C)c1ccc(C(OC(C)OCCC2CCCCC2)(C(F)(F)F)C(F)(F)F)cc1.CCC(C)c1ccc(C(OC2CCCCO2)(C(F)(F)F)C(F)(F)F)cc1.CCC(C)c1ccc(C(OCC(=O)OC(C)(C)C)(C(F)(F)F)C(F)(F)F)cc1.CCOC(C)OC(c1ccc(C(C)CC)cc1)(C(F)(F)F)C(F)(F)F. The molecule has 784 valence electrons. The number of carbonyl (C=O) groups is 2. The van der Waals surface area contributed by atoms with Crippen LogP contribution in [0.25, 0.3) is 0 Å². The summed E-state index contributed by atoms with van der Waals surface area (Å²) in [5.41, 5.74) is -27.5. The molecule has 1 saturated carbocycles. The largest absolute Gasteiger partial charge is 0.510 e. The maximum atomic E-state index is 14.0. The monoisotopic (exact) mass is 2020 g/mol. The first kappa shape index (κ1) is 124. The van der Waals surface area contributed by atoms with E-state index in [0.29, 0.717) is 90.8 Å². The van der Waals surface area contributed by atoms with Gasteiger partial charge in [0.05, 0.1) is 0 Å². The Morgan fingerprint density at radius 1 is 0.321 bits per heavy atom. The zero-order valence-corrected chi connectivity index (χ0v) is 79.2. The molecule has 42 heteroatoms. The lowest BCUT2D eigenvalue weighted by Crippen LogP contribution is -2.58. The number of esters is 1. The van der Waals surface area contributed by atoms with Gasteiger partial charge in [-0.3, -0.25) is 0 Å². The Bertz CT molecular complexity index is 4290. The van der Waals surface area contributed by atoms with Crippen molar-refractivity contribution in [3.8, 4) is 0 Å². The van der Waals surface area contributed by atoms with Crippen molar-refractivity contribution in [3.63, 3.8) is 0 Å². The van der Waals surface area contributed by atoms with Gasteiger partial charge in [-0.2, -0.15) is 132 Å². The van der Waals surface area contributed by atoms with Gasteiger partial charge in [0.15, 0.2) is 18.9 Å². The molecule has 7 rings (SSSR count). The van der Waals surface area contributed by atoms with Crippen molar-refractivity contribution in [1.29, 1.82) is 0 Å². The van der Waals surface area contributed by atoms with Crippen molar-refractivity contribution in [2.45, 2.75) is 371 Å². The molecule has 2 fully saturated rings. The van der Waals surface area contributed by atoms with Crippen LogP contribution in [0.1, 0.15) is 307 Å². The predicted octanol–water partition coefficient (Wildman–Crippen LogP) is 32.2. The maximum absolute atomic E-state index is 14.0. The van der Waals surface area contributed by atoms with Gasteiger partial charge in [-0.15, -0.1) is 0 Å². The van der Waals surface area contributed by atoms with Gasteiger partial charge < -0.3 is 47.4 Å². The maximum Gasteiger partial charge on any atom is 0.510 e. The van der Waals surface area contributed by atoms with Crippen LogP contribution in [0.4, 0.5) is 137 Å². The molecule has 8 atom stereocenters. The van der Waals surface area contributed by atoms with Gasteiger partial charge >= 0.3 is 79.5 Å². The van der Waals surface area contributed by atoms with Gasteiger partial charge in [0.2, 0.25) is 0 Å². The van der Waals surface area contributed by atoms with Crippen molar-refractivity contribution >= 4 is 12.1 Å². The molecule has 5 aromatic carbocycles. The van der Waals surface area contributed by atoms with Crippen molar-refractivity contribution in [3.05, 3.63) is 177 Å². The number of hydrogen-bond donors (Lipinski definition) is 0. The fourth-order valence-corrected chi connectivity index (χ4v) is 14.5. The van der Waals surface area contributed by atoms with Crippen LogP contribution in [-0.4, -0.2) is 130 Å². The first-order valence-electron chi connectivity index (χ1n) is 44.3. The van der Waals surface area contributed by atoms with Crippen LogP contribution in [0.15, 0.2) is 121 Å². The zero-order chi connectivity index (χ0) is 106. The fraction of sp³-hybridized carbons (Fsp3) is 0.663. The average Bonchev–Trinajstić information content (AvgIpc) is 0.712. The Kier molecular flexibility index (Phi) is 44.6. The quantitative estimate of drug-likeness (QED) is 0.0238. The molecule has 0 N–H and O–H groups in total. The second-order valence-electron chi connectivity index (χ2n) is 35.4. The molecule has 1 saturated heterocycles. The minimum Gasteiger partial charge on any atom is -0.458 e. The van der Waals surface area contributed by atoms with Crippen molar-refractivity contribution in [2.24, 2.45) is 5.92 Å². The van der Waals surface area contributed by atoms with E-state index in [-0.39, 0.29) is 55.8 Å². The average molecular weight is 2030 g/mol. The summed E-state index contributed by atoms with van der Waals surface area (Å²) in [5, 5.41) is 0. The van der Waals surface area contributed by atoms with Crippen LogP contribution in [0.5, 0.6) is 0 Å². The summed E-state index contributed by atoms with van der Waals surface area (Å²) in [6.45, 7) is 28.7. The Hall–Kier alpha value is -7.54. The van der Waals surface area contributed by atoms with E-state index < -0.39 is 166 Å². The smallest absolute Gasteiger partial charge is 0.458 e. The highest BCUT2D eigenvalue weighted by molar-refractivity contribution is 5.71. The van der Waals surface area contributed by atoms with E-state index in [1.54, 1.807) is 13.8 Å².